The molecule has 31 heavy (non-hydrogen) atoms. The number of nitrogens with zero attached hydrogens (tertiary/aromatic N) is 2. The summed E-state index contributed by atoms with van der Waals surface area (Å²) in [5.74, 6) is 0.452. The highest BCUT2D eigenvalue weighted by Gasteiger charge is 2.18. The van der Waals surface area contributed by atoms with Gasteiger partial charge in [0, 0.05) is 35.9 Å². The smallest absolute Gasteiger partial charge is 0.303 e. The van der Waals surface area contributed by atoms with Crippen LogP contribution in [0.3, 0.4) is 0 Å². The summed E-state index contributed by atoms with van der Waals surface area (Å²) in [5, 5.41) is 11.6. The van der Waals surface area contributed by atoms with Crippen LogP contribution in [-0.2, 0) is 17.8 Å². The maximum absolute atomic E-state index is 13.6. The van der Waals surface area contributed by atoms with Gasteiger partial charge in [-0.1, -0.05) is 48.5 Å². The molecule has 0 bridgehead atoms. The van der Waals surface area contributed by atoms with Crippen molar-refractivity contribution in [2.75, 3.05) is 7.11 Å². The van der Waals surface area contributed by atoms with E-state index in [0.29, 0.717) is 35.4 Å². The molecule has 0 radical (unpaired) electrons. The van der Waals surface area contributed by atoms with Gasteiger partial charge in [0.2, 0.25) is 0 Å². The first kappa shape index (κ1) is 20.8. The third kappa shape index (κ3) is 4.36. The standard InChI is InChI=1S/C24H22N2O4S/c1-30-19-11-6-5-10-17(19)14-20-25-23-22(24(29)26(20)13-7-12-21(27)28)18(15-31-23)16-8-3-2-4-9-16/h2-6,8-11,15H,7,12-14H2,1H3,(H,27,28). The second-order valence-corrected chi connectivity index (χ2v) is 8.02. The van der Waals surface area contributed by atoms with Crippen LogP contribution in [0.1, 0.15) is 24.2 Å². The molecule has 0 spiro atoms. The number of para-hydroxylation sites is 1. The van der Waals surface area contributed by atoms with Crippen LogP contribution in [0, 0.1) is 0 Å². The van der Waals surface area contributed by atoms with Gasteiger partial charge in [-0.25, -0.2) is 4.98 Å². The van der Waals surface area contributed by atoms with E-state index >= 15 is 0 Å². The van der Waals surface area contributed by atoms with Crippen LogP contribution in [-0.4, -0.2) is 27.7 Å². The van der Waals surface area contributed by atoms with Crippen LogP contribution in [0.4, 0.5) is 0 Å². The summed E-state index contributed by atoms with van der Waals surface area (Å²) in [6.45, 7) is 0.294. The number of carboxylic acids is 1. The fourth-order valence-electron chi connectivity index (χ4n) is 3.67. The Morgan fingerprint density at radius 1 is 1.13 bits per heavy atom. The predicted molar refractivity (Wildman–Crippen MR) is 122 cm³/mol. The van der Waals surface area contributed by atoms with E-state index in [1.165, 1.54) is 11.3 Å². The quantitative estimate of drug-likeness (QED) is 0.439. The molecule has 0 saturated heterocycles. The lowest BCUT2D eigenvalue weighted by atomic mass is 10.1. The fraction of sp³-hybridized carbons (Fsp3) is 0.208. The zero-order valence-electron chi connectivity index (χ0n) is 17.1. The Balaban J connectivity index is 1.84. The van der Waals surface area contributed by atoms with Crippen LogP contribution >= 0.6 is 11.3 Å². The normalized spacial score (nSPS) is 11.0. The largest absolute Gasteiger partial charge is 0.496 e. The number of aromatic nitrogens is 2. The molecule has 0 aliphatic heterocycles. The minimum atomic E-state index is -0.881. The minimum absolute atomic E-state index is 0.00620. The number of carbonyl (C=O) groups is 1. The van der Waals surface area contributed by atoms with Crippen molar-refractivity contribution in [3.05, 3.63) is 81.7 Å². The lowest BCUT2D eigenvalue weighted by Crippen LogP contribution is -2.26. The van der Waals surface area contributed by atoms with Gasteiger partial charge in [-0.2, -0.15) is 0 Å². The van der Waals surface area contributed by atoms with Gasteiger partial charge in [-0.3, -0.25) is 14.2 Å². The predicted octanol–water partition coefficient (Wildman–Crippen LogP) is 4.59. The average Bonchev–Trinajstić information content (AvgIpc) is 3.21. The molecule has 0 aliphatic carbocycles. The molecule has 2 aromatic carbocycles. The molecule has 0 fully saturated rings. The van der Waals surface area contributed by atoms with Gasteiger partial charge in [0.1, 0.15) is 16.4 Å². The Bertz CT molecular complexity index is 1280. The molecule has 0 unspecified atom stereocenters. The number of rotatable bonds is 8. The summed E-state index contributed by atoms with van der Waals surface area (Å²) in [6.07, 6.45) is 0.765. The van der Waals surface area contributed by atoms with Crippen molar-refractivity contribution >= 4 is 27.5 Å². The maximum Gasteiger partial charge on any atom is 0.303 e. The van der Waals surface area contributed by atoms with E-state index in [9.17, 15) is 9.59 Å². The SMILES string of the molecule is COc1ccccc1Cc1nc2scc(-c3ccccc3)c2c(=O)n1CCCC(=O)O. The molecule has 0 atom stereocenters. The molecule has 7 heteroatoms. The van der Waals surface area contributed by atoms with Gasteiger partial charge in [0.25, 0.3) is 5.56 Å². The molecule has 0 aliphatic rings. The number of hydrogen-bond acceptors (Lipinski definition) is 5. The number of benzene rings is 2. The van der Waals surface area contributed by atoms with Crippen molar-refractivity contribution in [2.45, 2.75) is 25.8 Å². The van der Waals surface area contributed by atoms with Crippen LogP contribution < -0.4 is 10.3 Å². The van der Waals surface area contributed by atoms with Gasteiger partial charge < -0.3 is 9.84 Å². The topological polar surface area (TPSA) is 81.4 Å². The Morgan fingerprint density at radius 2 is 1.87 bits per heavy atom. The van der Waals surface area contributed by atoms with Gasteiger partial charge in [0.05, 0.1) is 12.5 Å². The molecule has 1 N–H and O–H groups in total. The third-order valence-corrected chi connectivity index (χ3v) is 6.04. The van der Waals surface area contributed by atoms with Gasteiger partial charge >= 0.3 is 5.97 Å². The Labute approximate surface area is 183 Å². The maximum atomic E-state index is 13.6. The van der Waals surface area contributed by atoms with E-state index < -0.39 is 5.97 Å². The van der Waals surface area contributed by atoms with E-state index in [-0.39, 0.29) is 12.0 Å². The first-order chi connectivity index (χ1) is 15.1. The molecule has 2 heterocycles. The van der Waals surface area contributed by atoms with Crippen LogP contribution in [0.5, 0.6) is 5.75 Å². The summed E-state index contributed by atoms with van der Waals surface area (Å²) < 4.78 is 7.08. The number of fused-ring (bicyclic) bond motifs is 1. The first-order valence-electron chi connectivity index (χ1n) is 9.98. The molecule has 2 aromatic heterocycles. The van der Waals surface area contributed by atoms with Crippen molar-refractivity contribution < 1.29 is 14.6 Å². The van der Waals surface area contributed by atoms with Gasteiger partial charge in [0.15, 0.2) is 0 Å². The number of methoxy groups -OCH3 is 1. The highest BCUT2D eigenvalue weighted by atomic mass is 32.1. The lowest BCUT2D eigenvalue weighted by Gasteiger charge is -2.14. The molecule has 4 aromatic rings. The minimum Gasteiger partial charge on any atom is -0.496 e. The van der Waals surface area contributed by atoms with Crippen molar-refractivity contribution in [1.29, 1.82) is 0 Å². The zero-order chi connectivity index (χ0) is 21.8. The molecule has 6 nitrogen and oxygen atoms in total. The van der Waals surface area contributed by atoms with E-state index in [0.717, 1.165) is 22.4 Å². The summed E-state index contributed by atoms with van der Waals surface area (Å²) in [4.78, 5) is 30.1. The van der Waals surface area contributed by atoms with Crippen LogP contribution in [0.2, 0.25) is 0 Å². The fourth-order valence-corrected chi connectivity index (χ4v) is 4.63. The van der Waals surface area contributed by atoms with E-state index in [1.807, 2.05) is 60.0 Å². The second-order valence-electron chi connectivity index (χ2n) is 7.17. The number of ether oxygens (including phenoxy) is 1. The van der Waals surface area contributed by atoms with Crippen molar-refractivity contribution in [3.63, 3.8) is 0 Å². The van der Waals surface area contributed by atoms with E-state index in [2.05, 4.69) is 0 Å². The molecule has 0 amide bonds. The number of thiophene rings is 1. The van der Waals surface area contributed by atoms with Gasteiger partial charge in [-0.05, 0) is 18.1 Å². The Morgan fingerprint density at radius 3 is 2.61 bits per heavy atom. The number of aliphatic carboxylic acids is 1. The van der Waals surface area contributed by atoms with Crippen LogP contribution in [0.15, 0.2) is 64.8 Å². The average molecular weight is 435 g/mol. The highest BCUT2D eigenvalue weighted by Crippen LogP contribution is 2.31. The molecule has 4 rings (SSSR count). The number of carboxylic acid groups (broad SMARTS) is 1. The van der Waals surface area contributed by atoms with Crippen molar-refractivity contribution in [1.82, 2.24) is 9.55 Å². The molecular weight excluding hydrogens is 412 g/mol. The zero-order valence-corrected chi connectivity index (χ0v) is 17.9. The van der Waals surface area contributed by atoms with Crippen molar-refractivity contribution in [2.24, 2.45) is 0 Å². The summed E-state index contributed by atoms with van der Waals surface area (Å²) in [5.41, 5.74) is 2.60. The molecule has 158 valence electrons. The Hall–Kier alpha value is -3.45. The Kier molecular flexibility index (Phi) is 6.13. The number of hydrogen-bond donors (Lipinski definition) is 1. The molecule has 0 saturated carbocycles. The van der Waals surface area contributed by atoms with Gasteiger partial charge in [-0.15, -0.1) is 11.3 Å². The summed E-state index contributed by atoms with van der Waals surface area (Å²) >= 11 is 1.45. The molecular formula is C24H22N2O4S. The van der Waals surface area contributed by atoms with Crippen LogP contribution in [0.25, 0.3) is 21.3 Å². The highest BCUT2D eigenvalue weighted by molar-refractivity contribution is 7.17. The monoisotopic (exact) mass is 434 g/mol. The summed E-state index contributed by atoms with van der Waals surface area (Å²) in [7, 11) is 1.61. The van der Waals surface area contributed by atoms with Crippen molar-refractivity contribution in [3.8, 4) is 16.9 Å². The third-order valence-electron chi connectivity index (χ3n) is 5.17. The van der Waals surface area contributed by atoms with E-state index in [4.69, 9.17) is 14.8 Å². The lowest BCUT2D eigenvalue weighted by molar-refractivity contribution is -0.137. The second kappa shape index (κ2) is 9.14. The van der Waals surface area contributed by atoms with E-state index in [1.54, 1.807) is 11.7 Å². The summed E-state index contributed by atoms with van der Waals surface area (Å²) in [6, 6.07) is 17.4. The first-order valence-corrected chi connectivity index (χ1v) is 10.9.